The maximum Gasteiger partial charge on any atom is 0.242 e. The lowest BCUT2D eigenvalue weighted by molar-refractivity contribution is -0.121. The van der Waals surface area contributed by atoms with Gasteiger partial charge in [-0.3, -0.25) is 4.79 Å². The number of carbonyl (C=O) groups is 1. The molecule has 100 valence electrons. The quantitative estimate of drug-likeness (QED) is 0.779. The summed E-state index contributed by atoms with van der Waals surface area (Å²) in [5, 5.41) is 6.19. The summed E-state index contributed by atoms with van der Waals surface area (Å²) in [6.45, 7) is 6.85. The molecule has 0 bridgehead atoms. The van der Waals surface area contributed by atoms with Crippen molar-refractivity contribution >= 4 is 11.6 Å². The fourth-order valence-corrected chi connectivity index (χ4v) is 1.85. The van der Waals surface area contributed by atoms with Gasteiger partial charge in [0.15, 0.2) is 0 Å². The number of hydrogen-bond donors (Lipinski definition) is 2. The Hall–Kier alpha value is -1.51. The predicted molar refractivity (Wildman–Crippen MR) is 76.8 cm³/mol. The molecule has 0 heterocycles. The van der Waals surface area contributed by atoms with E-state index >= 15 is 0 Å². The van der Waals surface area contributed by atoms with Gasteiger partial charge in [-0.1, -0.05) is 38.5 Å². The van der Waals surface area contributed by atoms with Crippen molar-refractivity contribution in [1.82, 2.24) is 5.32 Å². The van der Waals surface area contributed by atoms with E-state index in [4.69, 9.17) is 0 Å². The molecule has 18 heavy (non-hydrogen) atoms. The summed E-state index contributed by atoms with van der Waals surface area (Å²) in [5.74, 6) is 0.0585. The topological polar surface area (TPSA) is 41.1 Å². The van der Waals surface area contributed by atoms with Crippen LogP contribution in [0.4, 0.5) is 5.69 Å². The maximum atomic E-state index is 11.8. The average molecular weight is 248 g/mol. The summed E-state index contributed by atoms with van der Waals surface area (Å²) in [6, 6.07) is 7.99. The highest BCUT2D eigenvalue weighted by molar-refractivity contribution is 5.84. The van der Waals surface area contributed by atoms with Crippen LogP contribution < -0.4 is 10.6 Å². The smallest absolute Gasteiger partial charge is 0.242 e. The molecule has 1 aromatic rings. The summed E-state index contributed by atoms with van der Waals surface area (Å²) in [6.07, 6.45) is 3.10. The number of amides is 1. The molecule has 0 spiro atoms. The summed E-state index contributed by atoms with van der Waals surface area (Å²) >= 11 is 0. The predicted octanol–water partition coefficient (Wildman–Crippen LogP) is 2.97. The van der Waals surface area contributed by atoms with Crippen LogP contribution in [0.2, 0.25) is 0 Å². The van der Waals surface area contributed by atoms with Crippen LogP contribution in [0.3, 0.4) is 0 Å². The highest BCUT2D eigenvalue weighted by atomic mass is 16.2. The highest BCUT2D eigenvalue weighted by Crippen LogP contribution is 2.17. The summed E-state index contributed by atoms with van der Waals surface area (Å²) in [7, 11) is 0. The highest BCUT2D eigenvalue weighted by Gasteiger charge is 2.12. The zero-order valence-corrected chi connectivity index (χ0v) is 11.6. The van der Waals surface area contributed by atoms with Crippen LogP contribution in [-0.2, 0) is 11.2 Å². The Labute approximate surface area is 110 Å². The zero-order valence-electron chi connectivity index (χ0n) is 11.6. The largest absolute Gasteiger partial charge is 0.374 e. The molecule has 3 nitrogen and oxygen atoms in total. The van der Waals surface area contributed by atoms with Gasteiger partial charge in [-0.25, -0.2) is 0 Å². The molecule has 0 saturated heterocycles. The van der Waals surface area contributed by atoms with E-state index in [-0.39, 0.29) is 11.9 Å². The monoisotopic (exact) mass is 248 g/mol. The first-order valence-electron chi connectivity index (χ1n) is 6.81. The first-order chi connectivity index (χ1) is 8.69. The van der Waals surface area contributed by atoms with Crippen LogP contribution in [0.15, 0.2) is 24.3 Å². The molecule has 1 aromatic carbocycles. The lowest BCUT2D eigenvalue weighted by Gasteiger charge is -2.17. The van der Waals surface area contributed by atoms with Gasteiger partial charge in [0.2, 0.25) is 5.91 Å². The van der Waals surface area contributed by atoms with Crippen LogP contribution in [0, 0.1) is 0 Å². The van der Waals surface area contributed by atoms with E-state index in [0.717, 1.165) is 31.5 Å². The Morgan fingerprint density at radius 3 is 2.61 bits per heavy atom. The van der Waals surface area contributed by atoms with Gasteiger partial charge in [0.25, 0.3) is 0 Å². The molecule has 0 fully saturated rings. The minimum atomic E-state index is -0.199. The third-order valence-electron chi connectivity index (χ3n) is 2.85. The first kappa shape index (κ1) is 14.6. The molecule has 2 N–H and O–H groups in total. The minimum Gasteiger partial charge on any atom is -0.374 e. The summed E-state index contributed by atoms with van der Waals surface area (Å²) < 4.78 is 0. The minimum absolute atomic E-state index is 0.0585. The third-order valence-corrected chi connectivity index (χ3v) is 2.85. The Morgan fingerprint density at radius 2 is 1.94 bits per heavy atom. The molecule has 0 saturated carbocycles. The number of anilines is 1. The second kappa shape index (κ2) is 7.75. The Bertz CT molecular complexity index is 377. The van der Waals surface area contributed by atoms with Gasteiger partial charge in [-0.15, -0.1) is 0 Å². The van der Waals surface area contributed by atoms with Crippen LogP contribution in [0.25, 0.3) is 0 Å². The van der Waals surface area contributed by atoms with Crippen molar-refractivity contribution in [2.45, 2.75) is 46.1 Å². The zero-order chi connectivity index (χ0) is 13.4. The lowest BCUT2D eigenvalue weighted by atomic mass is 10.1. The molecule has 0 aromatic heterocycles. The SMILES string of the molecule is CCCNC(=O)C(C)Nc1ccccc1CCC. The normalized spacial score (nSPS) is 11.9. The summed E-state index contributed by atoms with van der Waals surface area (Å²) in [4.78, 5) is 11.8. The molecular formula is C15H24N2O. The number of aryl methyl sites for hydroxylation is 1. The van der Waals surface area contributed by atoms with Gasteiger partial charge in [-0.2, -0.15) is 0 Å². The third kappa shape index (κ3) is 4.40. The van der Waals surface area contributed by atoms with Crippen LogP contribution in [0.5, 0.6) is 0 Å². The molecule has 1 atom stereocenters. The van der Waals surface area contributed by atoms with Crippen molar-refractivity contribution < 1.29 is 4.79 Å². The second-order valence-electron chi connectivity index (χ2n) is 4.56. The number of para-hydroxylation sites is 1. The van der Waals surface area contributed by atoms with Gasteiger partial charge in [-0.05, 0) is 31.4 Å². The fraction of sp³-hybridized carbons (Fsp3) is 0.533. The first-order valence-corrected chi connectivity index (χ1v) is 6.81. The number of carbonyl (C=O) groups excluding carboxylic acids is 1. The van der Waals surface area contributed by atoms with Crippen LogP contribution >= 0.6 is 0 Å². The van der Waals surface area contributed by atoms with Crippen molar-refractivity contribution in [2.75, 3.05) is 11.9 Å². The maximum absolute atomic E-state index is 11.8. The number of benzene rings is 1. The van der Waals surface area contributed by atoms with Crippen LogP contribution in [0.1, 0.15) is 39.2 Å². The van der Waals surface area contributed by atoms with Crippen molar-refractivity contribution in [2.24, 2.45) is 0 Å². The van der Waals surface area contributed by atoms with Gasteiger partial charge < -0.3 is 10.6 Å². The van der Waals surface area contributed by atoms with Crippen LogP contribution in [-0.4, -0.2) is 18.5 Å². The molecule has 1 rings (SSSR count). The van der Waals surface area contributed by atoms with Crippen molar-refractivity contribution in [3.8, 4) is 0 Å². The Morgan fingerprint density at radius 1 is 1.22 bits per heavy atom. The van der Waals surface area contributed by atoms with Gasteiger partial charge in [0.05, 0.1) is 0 Å². The lowest BCUT2D eigenvalue weighted by Crippen LogP contribution is -2.38. The number of rotatable bonds is 7. The van der Waals surface area contributed by atoms with Crippen molar-refractivity contribution in [3.05, 3.63) is 29.8 Å². The molecular weight excluding hydrogens is 224 g/mol. The molecule has 3 heteroatoms. The van der Waals surface area contributed by atoms with E-state index < -0.39 is 0 Å². The molecule has 0 radical (unpaired) electrons. The van der Waals surface area contributed by atoms with Gasteiger partial charge >= 0.3 is 0 Å². The van der Waals surface area contributed by atoms with Gasteiger partial charge in [0, 0.05) is 12.2 Å². The van der Waals surface area contributed by atoms with E-state index in [0.29, 0.717) is 0 Å². The molecule has 0 aliphatic rings. The van der Waals surface area contributed by atoms with E-state index in [9.17, 15) is 4.79 Å². The van der Waals surface area contributed by atoms with Crippen molar-refractivity contribution in [1.29, 1.82) is 0 Å². The van der Waals surface area contributed by atoms with E-state index in [1.165, 1.54) is 5.56 Å². The fourth-order valence-electron chi connectivity index (χ4n) is 1.85. The van der Waals surface area contributed by atoms with E-state index in [2.05, 4.69) is 30.5 Å². The second-order valence-corrected chi connectivity index (χ2v) is 4.56. The molecule has 1 unspecified atom stereocenters. The van der Waals surface area contributed by atoms with Crippen molar-refractivity contribution in [3.63, 3.8) is 0 Å². The van der Waals surface area contributed by atoms with E-state index in [1.807, 2.05) is 25.1 Å². The Balaban J connectivity index is 2.63. The molecule has 0 aliphatic carbocycles. The number of hydrogen-bond acceptors (Lipinski definition) is 2. The summed E-state index contributed by atoms with van der Waals surface area (Å²) in [5.41, 5.74) is 2.34. The average Bonchev–Trinajstić information content (AvgIpc) is 2.38. The molecule has 0 aliphatic heterocycles. The number of nitrogens with one attached hydrogen (secondary N) is 2. The Kier molecular flexibility index (Phi) is 6.26. The standard InChI is InChI=1S/C15H24N2O/c1-4-8-13-9-6-7-10-14(13)17-12(3)15(18)16-11-5-2/h6-7,9-10,12,17H,4-5,8,11H2,1-3H3,(H,16,18). The van der Waals surface area contributed by atoms with E-state index in [1.54, 1.807) is 0 Å². The molecule has 1 amide bonds. The van der Waals surface area contributed by atoms with Gasteiger partial charge in [0.1, 0.15) is 6.04 Å².